The number of nitrogens with zero attached hydrogens (tertiary/aromatic N) is 2. The van der Waals surface area contributed by atoms with E-state index in [9.17, 15) is 14.0 Å². The summed E-state index contributed by atoms with van der Waals surface area (Å²) in [6.07, 6.45) is 1.34. The summed E-state index contributed by atoms with van der Waals surface area (Å²) in [5.41, 5.74) is 10.9. The van der Waals surface area contributed by atoms with Gasteiger partial charge in [-0.05, 0) is 61.3 Å². The van der Waals surface area contributed by atoms with Gasteiger partial charge in [0.05, 0.1) is 6.54 Å². The second-order valence-electron chi connectivity index (χ2n) is 5.75. The van der Waals surface area contributed by atoms with E-state index >= 15 is 0 Å². The lowest BCUT2D eigenvalue weighted by atomic mass is 10.2. The second kappa shape index (κ2) is 10.4. The predicted octanol–water partition coefficient (Wildman–Crippen LogP) is 1.86. The average Bonchev–Trinajstić information content (AvgIpc) is 2.69. The van der Waals surface area contributed by atoms with Gasteiger partial charge in [-0.25, -0.2) is 14.4 Å². The van der Waals surface area contributed by atoms with Gasteiger partial charge >= 0.3 is 0 Å². The lowest BCUT2D eigenvalue weighted by Gasteiger charge is -2.08. The molecule has 0 aliphatic rings. The summed E-state index contributed by atoms with van der Waals surface area (Å²) in [6.45, 7) is 3.32. The molecule has 5 N–H and O–H groups in total. The zero-order chi connectivity index (χ0) is 21.2. The number of ether oxygens (including phenoxy) is 1. The molecule has 0 spiro atoms. The third-order valence-corrected chi connectivity index (χ3v) is 3.48. The van der Waals surface area contributed by atoms with Crippen LogP contribution in [0.5, 0.6) is 11.5 Å². The molecule has 0 radical (unpaired) electrons. The molecule has 9 heteroatoms. The minimum absolute atomic E-state index is 0.0839. The van der Waals surface area contributed by atoms with Crippen molar-refractivity contribution in [1.29, 1.82) is 0 Å². The van der Waals surface area contributed by atoms with Crippen LogP contribution in [0.3, 0.4) is 0 Å². The van der Waals surface area contributed by atoms with Crippen molar-refractivity contribution < 1.29 is 18.7 Å². The number of hydrogen-bond donors (Lipinski definition) is 3. The van der Waals surface area contributed by atoms with Gasteiger partial charge in [0.25, 0.3) is 0 Å². The molecule has 0 aliphatic carbocycles. The van der Waals surface area contributed by atoms with Crippen LogP contribution in [0.2, 0.25) is 0 Å². The van der Waals surface area contributed by atoms with Crippen LogP contribution in [0.4, 0.5) is 4.39 Å². The van der Waals surface area contributed by atoms with E-state index in [1.807, 2.05) is 0 Å². The highest BCUT2D eigenvalue weighted by molar-refractivity contribution is 6.02. The number of primary amides is 2. The van der Waals surface area contributed by atoms with Crippen molar-refractivity contribution in [3.8, 4) is 11.5 Å². The monoisotopic (exact) mass is 397 g/mol. The van der Waals surface area contributed by atoms with Gasteiger partial charge in [-0.1, -0.05) is 0 Å². The Bertz CT molecular complexity index is 938. The number of carbonyl (C=O) groups excluding carboxylic acids is 2. The Hall–Kier alpha value is -4.01. The van der Waals surface area contributed by atoms with Crippen molar-refractivity contribution in [2.45, 2.75) is 6.42 Å². The summed E-state index contributed by atoms with van der Waals surface area (Å²) in [6, 6.07) is 12.4. The number of aliphatic imine (C=N–C) groups is 2. The molecule has 2 aromatic rings. The molecule has 0 aromatic heterocycles. The molecular weight excluding hydrogens is 377 g/mol. The molecule has 0 fully saturated rings. The molecule has 8 nitrogen and oxygen atoms in total. The van der Waals surface area contributed by atoms with Crippen LogP contribution >= 0.6 is 0 Å². The van der Waals surface area contributed by atoms with Gasteiger partial charge in [-0.15, -0.1) is 0 Å². The first kappa shape index (κ1) is 21.3. The first-order chi connectivity index (χ1) is 13.9. The molecule has 29 heavy (non-hydrogen) atoms. The number of halogens is 1. The number of amides is 2. The molecule has 0 bridgehead atoms. The van der Waals surface area contributed by atoms with Crippen molar-refractivity contribution in [1.82, 2.24) is 5.32 Å². The van der Waals surface area contributed by atoms with Crippen molar-refractivity contribution in [3.05, 3.63) is 71.8 Å². The van der Waals surface area contributed by atoms with Crippen LogP contribution in [0.25, 0.3) is 0 Å². The maximum absolute atomic E-state index is 13.0. The number of hydrogen-bond acceptors (Lipinski definition) is 5. The first-order valence-electron chi connectivity index (χ1n) is 8.47. The van der Waals surface area contributed by atoms with Gasteiger partial charge in [-0.2, -0.15) is 0 Å². The van der Waals surface area contributed by atoms with E-state index in [0.29, 0.717) is 17.1 Å². The largest absolute Gasteiger partial charge is 0.457 e. The molecule has 0 unspecified atom stereocenters. The number of carbonyl (C=O) groups is 2. The van der Waals surface area contributed by atoms with Gasteiger partial charge < -0.3 is 21.5 Å². The Kier molecular flexibility index (Phi) is 7.60. The fraction of sp³-hybridized carbons (Fsp3) is 0.100. The Labute approximate surface area is 166 Å². The molecule has 0 atom stereocenters. The molecular formula is C20H20FN5O3. The molecule has 0 heterocycles. The van der Waals surface area contributed by atoms with E-state index in [2.05, 4.69) is 22.0 Å². The first-order valence-corrected chi connectivity index (χ1v) is 8.47. The van der Waals surface area contributed by atoms with E-state index < -0.39 is 11.8 Å². The number of amidine groups is 1. The van der Waals surface area contributed by atoms with E-state index in [-0.39, 0.29) is 30.4 Å². The Balaban J connectivity index is 2.20. The summed E-state index contributed by atoms with van der Waals surface area (Å²) >= 11 is 0. The standard InChI is InChI=1S/C20H20FN5O3/c1-24-20(26-19(11-10-17(22)27)25-12-18(23)28)13-2-6-15(7-3-13)29-16-8-4-14(21)5-9-16/h2-9,11,25H,1,10,12H2,(H2,22,27)(H2,23,28)/b19-11-,26-20-. The van der Waals surface area contributed by atoms with Gasteiger partial charge in [0, 0.05) is 12.0 Å². The summed E-state index contributed by atoms with van der Waals surface area (Å²) in [7, 11) is 0. The number of nitrogens with two attached hydrogens (primary N) is 2. The third-order valence-electron chi connectivity index (χ3n) is 3.48. The van der Waals surface area contributed by atoms with Crippen molar-refractivity contribution >= 4 is 24.4 Å². The van der Waals surface area contributed by atoms with Gasteiger partial charge in [0.1, 0.15) is 23.1 Å². The number of rotatable bonds is 9. The SMILES string of the molecule is C=N/C(=N\C(=C/CC(N)=O)NCC(N)=O)c1ccc(Oc2ccc(F)cc2)cc1. The summed E-state index contributed by atoms with van der Waals surface area (Å²) in [5, 5.41) is 2.71. The minimum atomic E-state index is -0.597. The molecule has 2 amide bonds. The fourth-order valence-corrected chi connectivity index (χ4v) is 2.15. The number of nitrogens with one attached hydrogen (secondary N) is 1. The Morgan fingerprint density at radius 2 is 1.62 bits per heavy atom. The van der Waals surface area contributed by atoms with Crippen LogP contribution in [0.1, 0.15) is 12.0 Å². The second-order valence-corrected chi connectivity index (χ2v) is 5.75. The van der Waals surface area contributed by atoms with E-state index in [1.54, 1.807) is 24.3 Å². The molecule has 0 aliphatic heterocycles. The van der Waals surface area contributed by atoms with Gasteiger partial charge in [0.15, 0.2) is 5.84 Å². The van der Waals surface area contributed by atoms with Crippen LogP contribution in [0, 0.1) is 5.82 Å². The predicted molar refractivity (Wildman–Crippen MR) is 108 cm³/mol. The van der Waals surface area contributed by atoms with Crippen molar-refractivity contribution in [3.63, 3.8) is 0 Å². The molecule has 0 saturated heterocycles. The fourth-order valence-electron chi connectivity index (χ4n) is 2.15. The topological polar surface area (TPSA) is 132 Å². The highest BCUT2D eigenvalue weighted by Crippen LogP contribution is 2.22. The lowest BCUT2D eigenvalue weighted by Crippen LogP contribution is -2.28. The molecule has 0 saturated carbocycles. The Morgan fingerprint density at radius 1 is 1.03 bits per heavy atom. The van der Waals surface area contributed by atoms with Gasteiger partial charge in [-0.3, -0.25) is 9.59 Å². The molecule has 2 rings (SSSR count). The van der Waals surface area contributed by atoms with Crippen LogP contribution in [-0.2, 0) is 9.59 Å². The molecule has 150 valence electrons. The van der Waals surface area contributed by atoms with Gasteiger partial charge in [0.2, 0.25) is 11.8 Å². The zero-order valence-electron chi connectivity index (χ0n) is 15.5. The van der Waals surface area contributed by atoms with E-state index in [1.165, 1.54) is 30.3 Å². The normalized spacial score (nSPS) is 11.6. The quantitative estimate of drug-likeness (QED) is 0.440. The average molecular weight is 397 g/mol. The van der Waals surface area contributed by atoms with Crippen LogP contribution in [-0.4, -0.2) is 30.9 Å². The summed E-state index contributed by atoms with van der Waals surface area (Å²) < 4.78 is 18.6. The van der Waals surface area contributed by atoms with Crippen LogP contribution < -0.4 is 21.5 Å². The maximum atomic E-state index is 13.0. The van der Waals surface area contributed by atoms with Crippen LogP contribution in [0.15, 0.2) is 70.4 Å². The summed E-state index contributed by atoms with van der Waals surface area (Å²) in [4.78, 5) is 30.2. The lowest BCUT2D eigenvalue weighted by molar-refractivity contribution is -0.117. The highest BCUT2D eigenvalue weighted by Gasteiger charge is 2.06. The molecule has 2 aromatic carbocycles. The number of benzene rings is 2. The van der Waals surface area contributed by atoms with E-state index in [4.69, 9.17) is 16.2 Å². The third kappa shape index (κ3) is 7.25. The summed E-state index contributed by atoms with van der Waals surface area (Å²) in [5.74, 6) is -0.0460. The maximum Gasteiger partial charge on any atom is 0.236 e. The van der Waals surface area contributed by atoms with Crippen molar-refractivity contribution in [2.75, 3.05) is 6.54 Å². The van der Waals surface area contributed by atoms with Crippen molar-refractivity contribution in [2.24, 2.45) is 21.5 Å². The zero-order valence-corrected chi connectivity index (χ0v) is 15.5. The smallest absolute Gasteiger partial charge is 0.236 e. The Morgan fingerprint density at radius 3 is 2.14 bits per heavy atom. The highest BCUT2D eigenvalue weighted by atomic mass is 19.1. The van der Waals surface area contributed by atoms with E-state index in [0.717, 1.165) is 0 Å². The minimum Gasteiger partial charge on any atom is -0.457 e.